The lowest BCUT2D eigenvalue weighted by atomic mass is 10.0. The molecule has 5 nitrogen and oxygen atoms in total. The van der Waals surface area contributed by atoms with E-state index in [1.165, 1.54) is 16.3 Å². The van der Waals surface area contributed by atoms with E-state index in [2.05, 4.69) is 47.0 Å². The molecule has 1 fully saturated rings. The van der Waals surface area contributed by atoms with Gasteiger partial charge in [0, 0.05) is 19.5 Å². The molecule has 29 heavy (non-hydrogen) atoms. The number of nitrogens with zero attached hydrogens (tertiary/aromatic N) is 3. The van der Waals surface area contributed by atoms with Crippen LogP contribution in [0.1, 0.15) is 11.4 Å². The van der Waals surface area contributed by atoms with Crippen molar-refractivity contribution in [2.45, 2.75) is 13.0 Å². The van der Waals surface area contributed by atoms with E-state index < -0.39 is 0 Å². The van der Waals surface area contributed by atoms with Gasteiger partial charge in [-0.15, -0.1) is 0 Å². The van der Waals surface area contributed by atoms with Crippen molar-refractivity contribution in [1.82, 2.24) is 14.5 Å². The van der Waals surface area contributed by atoms with Gasteiger partial charge >= 0.3 is 0 Å². The minimum absolute atomic E-state index is 0.121. The first-order valence-electron chi connectivity index (χ1n) is 10.1. The summed E-state index contributed by atoms with van der Waals surface area (Å²) in [6.45, 7) is 2.84. The van der Waals surface area contributed by atoms with Crippen molar-refractivity contribution in [3.05, 3.63) is 78.1 Å². The summed E-state index contributed by atoms with van der Waals surface area (Å²) >= 11 is 0. The Morgan fingerprint density at radius 2 is 1.69 bits per heavy atom. The molecule has 0 spiro atoms. The third-order valence-corrected chi connectivity index (χ3v) is 5.62. The number of morpholine rings is 1. The Hall–Kier alpha value is -3.18. The van der Waals surface area contributed by atoms with Gasteiger partial charge in [0.1, 0.15) is 12.4 Å². The number of hydrogen-bond acceptors (Lipinski definition) is 3. The molecular formula is C24H23N3O2. The van der Waals surface area contributed by atoms with E-state index in [0.29, 0.717) is 39.3 Å². The Balaban J connectivity index is 1.53. The Kier molecular flexibility index (Phi) is 4.74. The molecule has 0 bridgehead atoms. The predicted octanol–water partition coefficient (Wildman–Crippen LogP) is 3.64. The average Bonchev–Trinajstić information content (AvgIpc) is 3.11. The van der Waals surface area contributed by atoms with Crippen molar-refractivity contribution in [1.29, 1.82) is 0 Å². The molecule has 0 N–H and O–H groups in total. The number of hydrogen-bond donors (Lipinski definition) is 0. The highest BCUT2D eigenvalue weighted by atomic mass is 16.5. The monoisotopic (exact) mass is 385 g/mol. The van der Waals surface area contributed by atoms with Crippen molar-refractivity contribution in [3.8, 4) is 0 Å². The SMILES string of the molecule is O=C(Cn1c(Cc2cccc3ccccc23)nc2ccccc21)N1CCOCC1. The fourth-order valence-electron chi connectivity index (χ4n) is 4.10. The summed E-state index contributed by atoms with van der Waals surface area (Å²) in [4.78, 5) is 19.7. The van der Waals surface area contributed by atoms with Crippen molar-refractivity contribution in [3.63, 3.8) is 0 Å². The summed E-state index contributed by atoms with van der Waals surface area (Å²) in [6.07, 6.45) is 0.687. The minimum Gasteiger partial charge on any atom is -0.378 e. The number of fused-ring (bicyclic) bond motifs is 2. The van der Waals surface area contributed by atoms with Crippen LogP contribution in [-0.2, 0) is 22.5 Å². The number of rotatable bonds is 4. The van der Waals surface area contributed by atoms with Gasteiger partial charge in [0.05, 0.1) is 24.2 Å². The largest absolute Gasteiger partial charge is 0.378 e. The zero-order valence-corrected chi connectivity index (χ0v) is 16.3. The van der Waals surface area contributed by atoms with Crippen molar-refractivity contribution in [2.75, 3.05) is 26.3 Å². The molecule has 0 saturated carbocycles. The van der Waals surface area contributed by atoms with E-state index in [0.717, 1.165) is 16.9 Å². The number of carbonyl (C=O) groups is 1. The minimum atomic E-state index is 0.121. The third kappa shape index (κ3) is 3.49. The molecule has 2 heterocycles. The maximum atomic E-state index is 12.9. The fourth-order valence-corrected chi connectivity index (χ4v) is 4.10. The van der Waals surface area contributed by atoms with Crippen LogP contribution in [0.2, 0.25) is 0 Å². The van der Waals surface area contributed by atoms with Crippen LogP contribution >= 0.6 is 0 Å². The van der Waals surface area contributed by atoms with Gasteiger partial charge in [0.15, 0.2) is 0 Å². The lowest BCUT2D eigenvalue weighted by molar-refractivity contribution is -0.135. The maximum absolute atomic E-state index is 12.9. The highest BCUT2D eigenvalue weighted by Gasteiger charge is 2.20. The Morgan fingerprint density at radius 1 is 0.931 bits per heavy atom. The number of carbonyl (C=O) groups excluding carboxylic acids is 1. The predicted molar refractivity (Wildman–Crippen MR) is 114 cm³/mol. The van der Waals surface area contributed by atoms with E-state index in [4.69, 9.17) is 9.72 Å². The summed E-state index contributed by atoms with van der Waals surface area (Å²) in [6, 6.07) is 22.8. The van der Waals surface area contributed by atoms with E-state index in [9.17, 15) is 4.79 Å². The fraction of sp³-hybridized carbons (Fsp3) is 0.250. The standard InChI is InChI=1S/C24H23N3O2/c28-24(26-12-14-29-15-13-26)17-27-22-11-4-3-10-21(22)25-23(27)16-19-8-5-7-18-6-1-2-9-20(18)19/h1-11H,12-17H2. The van der Waals surface area contributed by atoms with Gasteiger partial charge in [-0.25, -0.2) is 4.98 Å². The second kappa shape index (κ2) is 7.68. The summed E-state index contributed by atoms with van der Waals surface area (Å²) in [5.41, 5.74) is 3.15. The average molecular weight is 385 g/mol. The summed E-state index contributed by atoms with van der Waals surface area (Å²) in [5.74, 6) is 1.04. The molecule has 0 unspecified atom stereocenters. The second-order valence-corrected chi connectivity index (χ2v) is 7.41. The number of ether oxygens (including phenoxy) is 1. The van der Waals surface area contributed by atoms with Gasteiger partial charge in [-0.2, -0.15) is 0 Å². The Bertz CT molecular complexity index is 1170. The summed E-state index contributed by atoms with van der Waals surface area (Å²) in [7, 11) is 0. The second-order valence-electron chi connectivity index (χ2n) is 7.41. The van der Waals surface area contributed by atoms with Crippen molar-refractivity contribution >= 4 is 27.7 Å². The van der Waals surface area contributed by atoms with Crippen LogP contribution in [0, 0.1) is 0 Å². The number of aromatic nitrogens is 2. The van der Waals surface area contributed by atoms with Gasteiger partial charge in [-0.05, 0) is 28.5 Å². The van der Waals surface area contributed by atoms with Crippen LogP contribution in [-0.4, -0.2) is 46.7 Å². The lowest BCUT2D eigenvalue weighted by Crippen LogP contribution is -2.42. The van der Waals surface area contributed by atoms with E-state index in [1.54, 1.807) is 0 Å². The number of para-hydroxylation sites is 2. The number of benzene rings is 3. The maximum Gasteiger partial charge on any atom is 0.242 e. The van der Waals surface area contributed by atoms with Gasteiger partial charge in [0.2, 0.25) is 5.91 Å². The first kappa shape index (κ1) is 17.9. The molecule has 1 saturated heterocycles. The topological polar surface area (TPSA) is 47.4 Å². The third-order valence-electron chi connectivity index (χ3n) is 5.62. The van der Waals surface area contributed by atoms with E-state index in [1.807, 2.05) is 29.2 Å². The highest BCUT2D eigenvalue weighted by molar-refractivity contribution is 5.86. The molecular weight excluding hydrogens is 362 g/mol. The number of amides is 1. The summed E-state index contributed by atoms with van der Waals surface area (Å²) in [5, 5.41) is 2.45. The molecule has 0 radical (unpaired) electrons. The molecule has 5 heteroatoms. The van der Waals surface area contributed by atoms with Gasteiger partial charge in [-0.3, -0.25) is 4.79 Å². The van der Waals surface area contributed by atoms with Crippen LogP contribution in [0.5, 0.6) is 0 Å². The van der Waals surface area contributed by atoms with Crippen LogP contribution < -0.4 is 0 Å². The van der Waals surface area contributed by atoms with Gasteiger partial charge in [-0.1, -0.05) is 54.6 Å². The molecule has 0 aliphatic carbocycles. The quantitative estimate of drug-likeness (QED) is 0.539. The first-order valence-corrected chi connectivity index (χ1v) is 10.1. The molecule has 5 rings (SSSR count). The van der Waals surface area contributed by atoms with E-state index >= 15 is 0 Å². The van der Waals surface area contributed by atoms with E-state index in [-0.39, 0.29) is 5.91 Å². The van der Waals surface area contributed by atoms with Crippen molar-refractivity contribution < 1.29 is 9.53 Å². The van der Waals surface area contributed by atoms with Crippen LogP contribution in [0.25, 0.3) is 21.8 Å². The molecule has 1 aliphatic heterocycles. The molecule has 3 aromatic carbocycles. The smallest absolute Gasteiger partial charge is 0.242 e. The number of imidazole rings is 1. The molecule has 4 aromatic rings. The molecule has 146 valence electrons. The molecule has 0 atom stereocenters. The van der Waals surface area contributed by atoms with Gasteiger partial charge < -0.3 is 14.2 Å². The molecule has 1 aliphatic rings. The molecule has 1 aromatic heterocycles. The lowest BCUT2D eigenvalue weighted by Gasteiger charge is -2.27. The van der Waals surface area contributed by atoms with Crippen LogP contribution in [0.15, 0.2) is 66.7 Å². The van der Waals surface area contributed by atoms with Gasteiger partial charge in [0.25, 0.3) is 0 Å². The molecule has 1 amide bonds. The zero-order valence-electron chi connectivity index (χ0n) is 16.3. The zero-order chi connectivity index (χ0) is 19.6. The van der Waals surface area contributed by atoms with Crippen LogP contribution in [0.3, 0.4) is 0 Å². The first-order chi connectivity index (χ1) is 14.3. The highest BCUT2D eigenvalue weighted by Crippen LogP contribution is 2.24. The van der Waals surface area contributed by atoms with Crippen LogP contribution in [0.4, 0.5) is 0 Å². The van der Waals surface area contributed by atoms with Crippen molar-refractivity contribution in [2.24, 2.45) is 0 Å². The Labute approximate surface area is 169 Å². The summed E-state index contributed by atoms with van der Waals surface area (Å²) < 4.78 is 7.46. The Morgan fingerprint density at radius 3 is 2.59 bits per heavy atom. The normalized spacial score (nSPS) is 14.6.